The van der Waals surface area contributed by atoms with Crippen LogP contribution >= 0.6 is 0 Å². The molecule has 0 aromatic heterocycles. The van der Waals surface area contributed by atoms with Gasteiger partial charge in [-0.1, -0.05) is 0 Å². The zero-order chi connectivity index (χ0) is 18.1. The Morgan fingerprint density at radius 2 is 1.71 bits per heavy atom. The first-order valence-corrected chi connectivity index (χ1v) is 10.00. The normalized spacial score (nSPS) is 30.2. The number of rotatable bonds is 5. The minimum atomic E-state index is -5.88. The number of halogens is 3. The lowest BCUT2D eigenvalue weighted by Gasteiger charge is -2.43. The number of ether oxygens (including phenoxy) is 4. The Balaban J connectivity index is 2.22. The number of alkyl halides is 3. The summed E-state index contributed by atoms with van der Waals surface area (Å²) in [6.07, 6.45) is -1.00. The highest BCUT2D eigenvalue weighted by molar-refractivity contribution is 8.07. The van der Waals surface area contributed by atoms with Gasteiger partial charge in [-0.15, -0.1) is 0 Å². The molecule has 14 heteroatoms. The third kappa shape index (κ3) is 4.56. The Hall–Kier alpha value is -0.510. The van der Waals surface area contributed by atoms with E-state index >= 15 is 0 Å². The number of sulfonamides is 1. The van der Waals surface area contributed by atoms with E-state index in [-0.39, 0.29) is 39.6 Å². The third-order valence-corrected chi connectivity index (χ3v) is 7.08. The molecule has 2 unspecified atom stereocenters. The van der Waals surface area contributed by atoms with Crippen molar-refractivity contribution in [2.75, 3.05) is 44.7 Å². The summed E-state index contributed by atoms with van der Waals surface area (Å²) in [4.78, 5) is 0. The zero-order valence-corrected chi connectivity index (χ0v) is 13.9. The summed E-state index contributed by atoms with van der Waals surface area (Å²) in [6.45, 7) is -0.0302. The molecule has 0 aromatic carbocycles. The summed E-state index contributed by atoms with van der Waals surface area (Å²) in [5.41, 5.74) is -7.55. The molecule has 0 radical (unpaired) electrons. The summed E-state index contributed by atoms with van der Waals surface area (Å²) in [6, 6.07) is 0. The van der Waals surface area contributed by atoms with Gasteiger partial charge in [-0.25, -0.2) is 16.8 Å². The molecule has 0 bridgehead atoms. The van der Waals surface area contributed by atoms with Crippen LogP contribution in [0, 0.1) is 0 Å². The van der Waals surface area contributed by atoms with Crippen LogP contribution in [0.5, 0.6) is 0 Å². The molecule has 142 valence electrons. The summed E-state index contributed by atoms with van der Waals surface area (Å²) in [7, 11) is -10.8. The molecule has 1 N–H and O–H groups in total. The van der Waals surface area contributed by atoms with Gasteiger partial charge in [-0.05, 0) is 0 Å². The monoisotopic (exact) mass is 399 g/mol. The molecule has 0 spiro atoms. The average molecular weight is 399 g/mol. The number of sulfone groups is 1. The van der Waals surface area contributed by atoms with Crippen molar-refractivity contribution in [2.24, 2.45) is 0 Å². The van der Waals surface area contributed by atoms with Crippen molar-refractivity contribution >= 4 is 19.9 Å². The Morgan fingerprint density at radius 1 is 1.04 bits per heavy atom. The van der Waals surface area contributed by atoms with Gasteiger partial charge in [0.2, 0.25) is 10.0 Å². The van der Waals surface area contributed by atoms with Gasteiger partial charge in [0, 0.05) is 0 Å². The summed E-state index contributed by atoms with van der Waals surface area (Å²) >= 11 is 0. The van der Waals surface area contributed by atoms with Gasteiger partial charge in [0.25, 0.3) is 9.84 Å². The fourth-order valence-corrected chi connectivity index (χ4v) is 5.36. The van der Waals surface area contributed by atoms with E-state index < -0.39 is 42.3 Å². The van der Waals surface area contributed by atoms with Gasteiger partial charge in [0.15, 0.2) is 10.8 Å². The van der Waals surface area contributed by atoms with Crippen molar-refractivity contribution in [1.82, 2.24) is 4.72 Å². The van der Waals surface area contributed by atoms with E-state index in [0.29, 0.717) is 0 Å². The van der Waals surface area contributed by atoms with Crippen LogP contribution in [-0.2, 0) is 38.8 Å². The summed E-state index contributed by atoms with van der Waals surface area (Å²) in [5.74, 6) is 0. The molecular formula is C10H16F3NO8S2. The Bertz CT molecular complexity index is 636. The predicted molar refractivity (Wildman–Crippen MR) is 72.0 cm³/mol. The van der Waals surface area contributed by atoms with Crippen LogP contribution in [-0.4, -0.2) is 78.9 Å². The Morgan fingerprint density at radius 3 is 2.21 bits per heavy atom. The SMILES string of the molecule is O=S(=O)(CS(=O)(=O)C(F)(F)F)NC1(C2COCCO2)COCCO1. The maximum absolute atomic E-state index is 12.4. The fourth-order valence-electron chi connectivity index (χ4n) is 2.18. The van der Waals surface area contributed by atoms with Crippen molar-refractivity contribution < 1.29 is 49.0 Å². The van der Waals surface area contributed by atoms with Crippen LogP contribution in [0.2, 0.25) is 0 Å². The molecule has 24 heavy (non-hydrogen) atoms. The lowest BCUT2D eigenvalue weighted by Crippen LogP contribution is -2.66. The largest absolute Gasteiger partial charge is 0.498 e. The highest BCUT2D eigenvalue weighted by atomic mass is 32.3. The first-order chi connectivity index (χ1) is 11.0. The Labute approximate surface area is 136 Å². The topological polar surface area (TPSA) is 117 Å². The fraction of sp³-hybridized carbons (Fsp3) is 1.00. The lowest BCUT2D eigenvalue weighted by atomic mass is 10.1. The second-order valence-corrected chi connectivity index (χ2v) is 9.19. The maximum atomic E-state index is 12.4. The highest BCUT2D eigenvalue weighted by Crippen LogP contribution is 2.27. The van der Waals surface area contributed by atoms with Gasteiger partial charge in [0.1, 0.15) is 6.10 Å². The summed E-state index contributed by atoms with van der Waals surface area (Å²) < 4.78 is 106. The van der Waals surface area contributed by atoms with Crippen molar-refractivity contribution in [3.63, 3.8) is 0 Å². The van der Waals surface area contributed by atoms with E-state index in [0.717, 1.165) is 0 Å². The Kier molecular flexibility index (Phi) is 5.79. The second kappa shape index (κ2) is 7.01. The molecule has 2 heterocycles. The standard InChI is InChI=1S/C10H16F3NO8S2/c11-10(12,13)23(15,16)7-24(17,18)14-9(6-20-2-4-22-9)8-5-19-1-3-21-8/h8,14H,1-7H2. The van der Waals surface area contributed by atoms with Gasteiger partial charge >= 0.3 is 5.51 Å². The molecule has 0 aromatic rings. The average Bonchev–Trinajstić information content (AvgIpc) is 2.46. The first-order valence-electron chi connectivity index (χ1n) is 6.69. The molecule has 2 aliphatic rings. The van der Waals surface area contributed by atoms with Crippen LogP contribution in [0.4, 0.5) is 13.2 Å². The molecule has 2 atom stereocenters. The van der Waals surface area contributed by atoms with E-state index in [1.807, 2.05) is 4.72 Å². The minimum absolute atomic E-state index is 0.0611. The molecule has 0 aliphatic carbocycles. The molecule has 0 saturated carbocycles. The number of hydrogen-bond donors (Lipinski definition) is 1. The van der Waals surface area contributed by atoms with Gasteiger partial charge < -0.3 is 18.9 Å². The van der Waals surface area contributed by atoms with E-state index in [2.05, 4.69) is 0 Å². The van der Waals surface area contributed by atoms with Crippen molar-refractivity contribution in [2.45, 2.75) is 17.3 Å². The molecule has 2 fully saturated rings. The van der Waals surface area contributed by atoms with Gasteiger partial charge in [-0.3, -0.25) is 0 Å². The molecule has 2 aliphatic heterocycles. The van der Waals surface area contributed by atoms with Crippen molar-refractivity contribution in [3.05, 3.63) is 0 Å². The summed E-state index contributed by atoms with van der Waals surface area (Å²) in [5, 5.41) is -2.16. The smallest absolute Gasteiger partial charge is 0.376 e. The van der Waals surface area contributed by atoms with Gasteiger partial charge in [-0.2, -0.15) is 17.9 Å². The second-order valence-electron chi connectivity index (χ2n) is 5.12. The van der Waals surface area contributed by atoms with Crippen molar-refractivity contribution in [3.8, 4) is 0 Å². The minimum Gasteiger partial charge on any atom is -0.376 e. The number of nitrogens with one attached hydrogen (secondary N) is 1. The molecular weight excluding hydrogens is 383 g/mol. The number of hydrogen-bond acceptors (Lipinski definition) is 8. The van der Waals surface area contributed by atoms with E-state index in [1.54, 1.807) is 0 Å². The van der Waals surface area contributed by atoms with Crippen LogP contribution in [0.1, 0.15) is 0 Å². The van der Waals surface area contributed by atoms with Gasteiger partial charge in [0.05, 0.1) is 39.6 Å². The zero-order valence-electron chi connectivity index (χ0n) is 12.2. The quantitative estimate of drug-likeness (QED) is 0.623. The van der Waals surface area contributed by atoms with Crippen LogP contribution in [0.3, 0.4) is 0 Å². The van der Waals surface area contributed by atoms with Crippen LogP contribution in [0.25, 0.3) is 0 Å². The highest BCUT2D eigenvalue weighted by Gasteiger charge is 2.52. The maximum Gasteiger partial charge on any atom is 0.498 e. The molecule has 9 nitrogen and oxygen atoms in total. The van der Waals surface area contributed by atoms with Crippen LogP contribution in [0.15, 0.2) is 0 Å². The van der Waals surface area contributed by atoms with E-state index in [1.165, 1.54) is 0 Å². The lowest BCUT2D eigenvalue weighted by molar-refractivity contribution is -0.246. The molecule has 0 amide bonds. The van der Waals surface area contributed by atoms with E-state index in [4.69, 9.17) is 18.9 Å². The first kappa shape index (κ1) is 19.8. The molecule has 2 rings (SSSR count). The predicted octanol–water partition coefficient (Wildman–Crippen LogP) is -1.04. The van der Waals surface area contributed by atoms with Crippen LogP contribution < -0.4 is 4.72 Å². The van der Waals surface area contributed by atoms with Crippen molar-refractivity contribution in [1.29, 1.82) is 0 Å². The van der Waals surface area contributed by atoms with E-state index in [9.17, 15) is 30.0 Å². The molecule has 2 saturated heterocycles. The third-order valence-electron chi connectivity index (χ3n) is 3.23.